The molecule has 4 nitrogen and oxygen atoms in total. The van der Waals surface area contributed by atoms with Crippen LogP contribution in [0.3, 0.4) is 0 Å². The van der Waals surface area contributed by atoms with E-state index in [2.05, 4.69) is 41.9 Å². The molecule has 0 saturated heterocycles. The Balaban J connectivity index is 2.07. The van der Waals surface area contributed by atoms with Crippen LogP contribution in [0.25, 0.3) is 0 Å². The number of methoxy groups -OCH3 is 1. The first kappa shape index (κ1) is 21.2. The van der Waals surface area contributed by atoms with Gasteiger partial charge in [0.1, 0.15) is 10.7 Å². The monoisotopic (exact) mass is 451 g/mol. The lowest BCUT2D eigenvalue weighted by molar-refractivity contribution is 0.414. The van der Waals surface area contributed by atoms with Gasteiger partial charge < -0.3 is 9.30 Å². The van der Waals surface area contributed by atoms with Crippen LogP contribution >= 0.6 is 46.5 Å². The molecule has 1 aromatic carbocycles. The van der Waals surface area contributed by atoms with Gasteiger partial charge in [0, 0.05) is 21.5 Å². The van der Waals surface area contributed by atoms with Crippen molar-refractivity contribution >= 4 is 51.5 Å². The first-order valence-corrected chi connectivity index (χ1v) is 11.2. The van der Waals surface area contributed by atoms with Crippen molar-refractivity contribution in [3.05, 3.63) is 60.7 Å². The van der Waals surface area contributed by atoms with E-state index in [-0.39, 0.29) is 5.41 Å². The van der Waals surface area contributed by atoms with Crippen LogP contribution in [0.5, 0.6) is 5.75 Å². The van der Waals surface area contributed by atoms with Crippen molar-refractivity contribution in [3.63, 3.8) is 0 Å². The van der Waals surface area contributed by atoms with Gasteiger partial charge >= 0.3 is 0 Å². The van der Waals surface area contributed by atoms with Crippen molar-refractivity contribution in [1.82, 2.24) is 9.55 Å². The molecule has 0 unspecified atom stereocenters. The molecule has 0 spiro atoms. The quantitative estimate of drug-likeness (QED) is 0.485. The van der Waals surface area contributed by atoms with E-state index >= 15 is 0 Å². The molecule has 0 amide bonds. The van der Waals surface area contributed by atoms with E-state index in [4.69, 9.17) is 33.5 Å². The minimum atomic E-state index is 0.0214. The second kappa shape index (κ2) is 8.45. The fourth-order valence-corrected chi connectivity index (χ4v) is 4.71. The SMILES string of the molecule is COc1ccc(Cl)cc1C(=S)/N=c1\sc(C(C)(C)C)cn1Cc1csc(C)n1. The number of nitrogens with zero attached hydrogens (tertiary/aromatic N) is 3. The number of benzene rings is 1. The lowest BCUT2D eigenvalue weighted by atomic mass is 9.95. The highest BCUT2D eigenvalue weighted by Crippen LogP contribution is 2.26. The van der Waals surface area contributed by atoms with Crippen molar-refractivity contribution < 1.29 is 4.74 Å². The Morgan fingerprint density at radius 3 is 2.71 bits per heavy atom. The highest BCUT2D eigenvalue weighted by molar-refractivity contribution is 7.80. The number of aromatic nitrogens is 2. The molecule has 3 aromatic rings. The van der Waals surface area contributed by atoms with E-state index in [9.17, 15) is 0 Å². The van der Waals surface area contributed by atoms with Crippen molar-refractivity contribution in [2.75, 3.05) is 7.11 Å². The van der Waals surface area contributed by atoms with Gasteiger partial charge in [0.2, 0.25) is 0 Å². The Labute approximate surface area is 183 Å². The molecule has 0 N–H and O–H groups in total. The summed E-state index contributed by atoms with van der Waals surface area (Å²) in [5, 5.41) is 3.74. The Kier molecular flexibility index (Phi) is 6.39. The fourth-order valence-electron chi connectivity index (χ4n) is 2.58. The lowest BCUT2D eigenvalue weighted by Gasteiger charge is -2.14. The Hall–Kier alpha value is -1.54. The minimum Gasteiger partial charge on any atom is -0.496 e. The molecule has 28 heavy (non-hydrogen) atoms. The summed E-state index contributed by atoms with van der Waals surface area (Å²) in [6.07, 6.45) is 2.15. The van der Waals surface area contributed by atoms with Gasteiger partial charge in [-0.05, 0) is 30.5 Å². The van der Waals surface area contributed by atoms with Crippen LogP contribution in [0.2, 0.25) is 5.02 Å². The van der Waals surface area contributed by atoms with Crippen LogP contribution in [0.1, 0.15) is 41.9 Å². The largest absolute Gasteiger partial charge is 0.496 e. The highest BCUT2D eigenvalue weighted by atomic mass is 35.5. The van der Waals surface area contributed by atoms with Crippen LogP contribution in [-0.2, 0) is 12.0 Å². The molecule has 3 rings (SSSR count). The Morgan fingerprint density at radius 1 is 1.36 bits per heavy atom. The normalized spacial score (nSPS) is 12.4. The van der Waals surface area contributed by atoms with Gasteiger partial charge in [-0.25, -0.2) is 9.98 Å². The first-order valence-electron chi connectivity index (χ1n) is 8.71. The smallest absolute Gasteiger partial charge is 0.191 e. The standard InChI is InChI=1S/C20H22ClN3OS3/c1-12-22-14(11-27-12)9-24-10-17(20(2,3)4)28-19(24)23-18(26)15-8-13(21)6-7-16(15)25-5/h6-8,10-11H,9H2,1-5H3/b23-19-. The van der Waals surface area contributed by atoms with E-state index in [1.807, 2.05) is 6.92 Å². The summed E-state index contributed by atoms with van der Waals surface area (Å²) < 4.78 is 7.54. The van der Waals surface area contributed by atoms with E-state index in [1.54, 1.807) is 48.0 Å². The molecule has 0 saturated carbocycles. The van der Waals surface area contributed by atoms with E-state index < -0.39 is 0 Å². The number of ether oxygens (including phenoxy) is 1. The molecule has 0 bridgehead atoms. The van der Waals surface area contributed by atoms with Gasteiger partial charge in [-0.15, -0.1) is 22.7 Å². The van der Waals surface area contributed by atoms with Gasteiger partial charge in [0.25, 0.3) is 0 Å². The summed E-state index contributed by atoms with van der Waals surface area (Å²) in [5.41, 5.74) is 1.76. The van der Waals surface area contributed by atoms with Crippen molar-refractivity contribution in [3.8, 4) is 5.75 Å². The number of rotatable bonds is 4. The molecule has 0 radical (unpaired) electrons. The second-order valence-electron chi connectivity index (χ2n) is 7.38. The predicted molar refractivity (Wildman–Crippen MR) is 122 cm³/mol. The zero-order valence-corrected chi connectivity index (χ0v) is 19.7. The van der Waals surface area contributed by atoms with Gasteiger partial charge in [-0.3, -0.25) is 0 Å². The number of aryl methyl sites for hydroxylation is 1. The van der Waals surface area contributed by atoms with Gasteiger partial charge in [0.15, 0.2) is 4.80 Å². The van der Waals surface area contributed by atoms with E-state index in [1.165, 1.54) is 4.88 Å². The maximum atomic E-state index is 6.16. The van der Waals surface area contributed by atoms with Crippen LogP contribution in [-0.4, -0.2) is 21.6 Å². The van der Waals surface area contributed by atoms with Crippen molar-refractivity contribution in [1.29, 1.82) is 0 Å². The van der Waals surface area contributed by atoms with Crippen LogP contribution in [0.15, 0.2) is 34.8 Å². The molecule has 2 aromatic heterocycles. The lowest BCUT2D eigenvalue weighted by Crippen LogP contribution is -2.17. The van der Waals surface area contributed by atoms with E-state index in [0.29, 0.717) is 27.9 Å². The topological polar surface area (TPSA) is 39.4 Å². The van der Waals surface area contributed by atoms with Crippen LogP contribution in [0, 0.1) is 6.92 Å². The molecular weight excluding hydrogens is 430 g/mol. The molecule has 2 heterocycles. The molecule has 0 fully saturated rings. The molecule has 0 aliphatic rings. The van der Waals surface area contributed by atoms with Gasteiger partial charge in [-0.2, -0.15) is 0 Å². The Bertz CT molecular complexity index is 1070. The zero-order valence-electron chi connectivity index (χ0n) is 16.4. The molecular formula is C20H22ClN3OS3. The predicted octanol–water partition coefficient (Wildman–Crippen LogP) is 5.60. The summed E-state index contributed by atoms with van der Waals surface area (Å²) in [6, 6.07) is 5.37. The Morgan fingerprint density at radius 2 is 2.11 bits per heavy atom. The second-order valence-corrected chi connectivity index (χ2v) is 10.3. The third-order valence-corrected chi connectivity index (χ3v) is 6.86. The zero-order chi connectivity index (χ0) is 20.5. The maximum Gasteiger partial charge on any atom is 0.191 e. The average molecular weight is 452 g/mol. The summed E-state index contributed by atoms with van der Waals surface area (Å²) >= 11 is 15.1. The number of hydrogen-bond acceptors (Lipinski definition) is 5. The molecule has 0 atom stereocenters. The number of hydrogen-bond donors (Lipinski definition) is 0. The molecule has 148 valence electrons. The maximum absolute atomic E-state index is 6.16. The van der Waals surface area contributed by atoms with Crippen LogP contribution in [0.4, 0.5) is 0 Å². The summed E-state index contributed by atoms with van der Waals surface area (Å²) in [6.45, 7) is 9.25. The third-order valence-electron chi connectivity index (χ3n) is 4.05. The third kappa shape index (κ3) is 4.89. The number of halogens is 1. The average Bonchev–Trinajstić information content (AvgIpc) is 3.21. The van der Waals surface area contributed by atoms with E-state index in [0.717, 1.165) is 15.5 Å². The summed E-state index contributed by atoms with van der Waals surface area (Å²) in [7, 11) is 1.61. The van der Waals surface area contributed by atoms with Gasteiger partial charge in [0.05, 0.1) is 29.9 Å². The van der Waals surface area contributed by atoms with Crippen LogP contribution < -0.4 is 9.54 Å². The van der Waals surface area contributed by atoms with Gasteiger partial charge in [-0.1, -0.05) is 44.6 Å². The number of thiocarbonyl (C=S) groups is 1. The molecule has 0 aliphatic carbocycles. The van der Waals surface area contributed by atoms with Crippen molar-refractivity contribution in [2.24, 2.45) is 4.99 Å². The molecule has 0 aliphatic heterocycles. The first-order chi connectivity index (χ1) is 13.2. The van der Waals surface area contributed by atoms with Crippen molar-refractivity contribution in [2.45, 2.75) is 39.7 Å². The molecule has 8 heteroatoms. The minimum absolute atomic E-state index is 0.0214. The fraction of sp³-hybridized carbons (Fsp3) is 0.350. The highest BCUT2D eigenvalue weighted by Gasteiger charge is 2.19. The summed E-state index contributed by atoms with van der Waals surface area (Å²) in [5.74, 6) is 0.660. The summed E-state index contributed by atoms with van der Waals surface area (Å²) in [4.78, 5) is 11.9. The number of thiazole rings is 2.